The van der Waals surface area contributed by atoms with Crippen LogP contribution in [-0.2, 0) is 4.79 Å². The van der Waals surface area contributed by atoms with Crippen LogP contribution >= 0.6 is 0 Å². The number of nitrogens with two attached hydrogens (primary N) is 1. The quantitative estimate of drug-likeness (QED) is 0.615. The molecule has 0 aromatic carbocycles. The molecule has 1 rings (SSSR count). The summed E-state index contributed by atoms with van der Waals surface area (Å²) in [4.78, 5) is 10.4. The lowest BCUT2D eigenvalue weighted by Crippen LogP contribution is -2.13. The van der Waals surface area contributed by atoms with Crippen LogP contribution in [0.1, 0.15) is 32.1 Å². The van der Waals surface area contributed by atoms with Gasteiger partial charge < -0.3 is 5.73 Å². The van der Waals surface area contributed by atoms with Gasteiger partial charge in [-0.3, -0.25) is 4.79 Å². The third-order valence-corrected chi connectivity index (χ3v) is 2.18. The molecule has 62 valence electrons. The zero-order valence-corrected chi connectivity index (χ0v) is 6.75. The molecule has 0 bridgehead atoms. The molecule has 1 atom stereocenters. The number of allylic oxidation sites excluding steroid dienone is 2. The summed E-state index contributed by atoms with van der Waals surface area (Å²) in [5, 5.41) is 0. The molecule has 0 aliphatic heterocycles. The van der Waals surface area contributed by atoms with Gasteiger partial charge in [-0.2, -0.15) is 0 Å². The molecular formula is C9H15NO. The molecule has 0 radical (unpaired) electrons. The standard InChI is InChI=1S/C9H15NO/c10-9(11)7-6-8-4-2-1-3-5-8/h1-2,8H,3-7H2,(H2,10,11). The van der Waals surface area contributed by atoms with Crippen molar-refractivity contribution in [3.8, 4) is 0 Å². The van der Waals surface area contributed by atoms with E-state index < -0.39 is 0 Å². The van der Waals surface area contributed by atoms with Crippen molar-refractivity contribution in [1.82, 2.24) is 0 Å². The monoisotopic (exact) mass is 153 g/mol. The molecule has 0 aromatic heterocycles. The molecule has 2 nitrogen and oxygen atoms in total. The lowest BCUT2D eigenvalue weighted by Gasteiger charge is -2.15. The normalized spacial score (nSPS) is 23.5. The number of hydrogen-bond donors (Lipinski definition) is 1. The molecule has 1 aliphatic rings. The molecule has 0 heterocycles. The number of carbonyl (C=O) groups excluding carboxylic acids is 1. The third-order valence-electron chi connectivity index (χ3n) is 2.18. The van der Waals surface area contributed by atoms with E-state index in [-0.39, 0.29) is 5.91 Å². The van der Waals surface area contributed by atoms with E-state index >= 15 is 0 Å². The zero-order valence-electron chi connectivity index (χ0n) is 6.75. The third kappa shape index (κ3) is 3.21. The Balaban J connectivity index is 2.16. The minimum Gasteiger partial charge on any atom is -0.370 e. The second-order valence-electron chi connectivity index (χ2n) is 3.16. The van der Waals surface area contributed by atoms with Gasteiger partial charge in [-0.05, 0) is 31.6 Å². The Bertz CT molecular complexity index is 163. The van der Waals surface area contributed by atoms with Crippen molar-refractivity contribution < 1.29 is 4.79 Å². The van der Waals surface area contributed by atoms with Crippen molar-refractivity contribution in [1.29, 1.82) is 0 Å². The van der Waals surface area contributed by atoms with Crippen molar-refractivity contribution in [2.45, 2.75) is 32.1 Å². The molecule has 0 aromatic rings. The highest BCUT2D eigenvalue weighted by Gasteiger charge is 2.10. The average Bonchev–Trinajstić information content (AvgIpc) is 2.03. The van der Waals surface area contributed by atoms with Gasteiger partial charge in [0.25, 0.3) is 0 Å². The molecular weight excluding hydrogens is 138 g/mol. The predicted octanol–water partition coefficient (Wildman–Crippen LogP) is 1.61. The van der Waals surface area contributed by atoms with Crippen LogP contribution < -0.4 is 5.73 Å². The zero-order chi connectivity index (χ0) is 8.10. The fraction of sp³-hybridized carbons (Fsp3) is 0.667. The van der Waals surface area contributed by atoms with Crippen LogP contribution in [-0.4, -0.2) is 5.91 Å². The highest BCUT2D eigenvalue weighted by atomic mass is 16.1. The molecule has 0 saturated carbocycles. The average molecular weight is 153 g/mol. The summed E-state index contributed by atoms with van der Waals surface area (Å²) in [7, 11) is 0. The van der Waals surface area contributed by atoms with Crippen molar-refractivity contribution in [2.75, 3.05) is 0 Å². The van der Waals surface area contributed by atoms with Crippen LogP contribution in [0.5, 0.6) is 0 Å². The molecule has 0 spiro atoms. The van der Waals surface area contributed by atoms with Gasteiger partial charge in [0.1, 0.15) is 0 Å². The summed E-state index contributed by atoms with van der Waals surface area (Å²) < 4.78 is 0. The fourth-order valence-electron chi connectivity index (χ4n) is 1.46. The van der Waals surface area contributed by atoms with Gasteiger partial charge in [0.15, 0.2) is 0 Å². The fourth-order valence-corrected chi connectivity index (χ4v) is 1.46. The van der Waals surface area contributed by atoms with E-state index in [2.05, 4.69) is 12.2 Å². The van der Waals surface area contributed by atoms with Gasteiger partial charge >= 0.3 is 0 Å². The second-order valence-corrected chi connectivity index (χ2v) is 3.16. The Labute approximate surface area is 67.5 Å². The van der Waals surface area contributed by atoms with Gasteiger partial charge in [0, 0.05) is 6.42 Å². The predicted molar refractivity (Wildman–Crippen MR) is 44.9 cm³/mol. The van der Waals surface area contributed by atoms with E-state index in [1.807, 2.05) is 0 Å². The van der Waals surface area contributed by atoms with Crippen molar-refractivity contribution >= 4 is 5.91 Å². The number of primary amides is 1. The Morgan fingerprint density at radius 2 is 2.36 bits per heavy atom. The number of rotatable bonds is 3. The topological polar surface area (TPSA) is 43.1 Å². The molecule has 2 heteroatoms. The first-order chi connectivity index (χ1) is 5.29. The molecule has 1 unspecified atom stereocenters. The first-order valence-corrected chi connectivity index (χ1v) is 4.22. The number of amides is 1. The van der Waals surface area contributed by atoms with E-state index in [0.717, 1.165) is 12.8 Å². The maximum absolute atomic E-state index is 10.4. The summed E-state index contributed by atoms with van der Waals surface area (Å²) in [6, 6.07) is 0. The summed E-state index contributed by atoms with van der Waals surface area (Å²) in [6.07, 6.45) is 9.47. The first-order valence-electron chi connectivity index (χ1n) is 4.22. The summed E-state index contributed by atoms with van der Waals surface area (Å²) in [6.45, 7) is 0. The van der Waals surface area contributed by atoms with Crippen LogP contribution in [0, 0.1) is 5.92 Å². The van der Waals surface area contributed by atoms with E-state index in [0.29, 0.717) is 12.3 Å². The largest absolute Gasteiger partial charge is 0.370 e. The summed E-state index contributed by atoms with van der Waals surface area (Å²) in [5.41, 5.74) is 5.05. The highest BCUT2D eigenvalue weighted by Crippen LogP contribution is 2.22. The van der Waals surface area contributed by atoms with Crippen LogP contribution in [0.15, 0.2) is 12.2 Å². The second kappa shape index (κ2) is 4.16. The molecule has 2 N–H and O–H groups in total. The van der Waals surface area contributed by atoms with Crippen LogP contribution in [0.3, 0.4) is 0 Å². The Hall–Kier alpha value is -0.790. The molecule has 11 heavy (non-hydrogen) atoms. The molecule has 1 amide bonds. The lowest BCUT2D eigenvalue weighted by molar-refractivity contribution is -0.118. The SMILES string of the molecule is NC(=O)CCC1CC=CCC1. The van der Waals surface area contributed by atoms with Gasteiger partial charge in [-0.25, -0.2) is 0 Å². The Morgan fingerprint density at radius 1 is 1.55 bits per heavy atom. The first kappa shape index (κ1) is 8.31. The van der Waals surface area contributed by atoms with Crippen molar-refractivity contribution in [3.63, 3.8) is 0 Å². The number of hydrogen-bond acceptors (Lipinski definition) is 1. The van der Waals surface area contributed by atoms with E-state index in [1.165, 1.54) is 12.8 Å². The van der Waals surface area contributed by atoms with E-state index in [9.17, 15) is 4.79 Å². The van der Waals surface area contributed by atoms with Crippen LogP contribution in [0.2, 0.25) is 0 Å². The molecule has 1 aliphatic carbocycles. The van der Waals surface area contributed by atoms with Gasteiger partial charge in [0.2, 0.25) is 5.91 Å². The van der Waals surface area contributed by atoms with Gasteiger partial charge in [0.05, 0.1) is 0 Å². The van der Waals surface area contributed by atoms with Crippen LogP contribution in [0.25, 0.3) is 0 Å². The minimum absolute atomic E-state index is 0.167. The van der Waals surface area contributed by atoms with Crippen molar-refractivity contribution in [3.05, 3.63) is 12.2 Å². The van der Waals surface area contributed by atoms with Crippen LogP contribution in [0.4, 0.5) is 0 Å². The molecule has 0 saturated heterocycles. The number of carbonyl (C=O) groups is 1. The summed E-state index contributed by atoms with van der Waals surface area (Å²) in [5.74, 6) is 0.534. The maximum Gasteiger partial charge on any atom is 0.217 e. The Morgan fingerprint density at radius 3 is 2.91 bits per heavy atom. The van der Waals surface area contributed by atoms with Crippen molar-refractivity contribution in [2.24, 2.45) is 11.7 Å². The van der Waals surface area contributed by atoms with E-state index in [4.69, 9.17) is 5.73 Å². The maximum atomic E-state index is 10.4. The lowest BCUT2D eigenvalue weighted by atomic mass is 9.90. The molecule has 0 fully saturated rings. The van der Waals surface area contributed by atoms with Gasteiger partial charge in [-0.15, -0.1) is 0 Å². The highest BCUT2D eigenvalue weighted by molar-refractivity contribution is 5.73. The van der Waals surface area contributed by atoms with Gasteiger partial charge in [-0.1, -0.05) is 12.2 Å². The minimum atomic E-state index is -0.167. The smallest absolute Gasteiger partial charge is 0.217 e. The Kier molecular flexibility index (Phi) is 3.14. The van der Waals surface area contributed by atoms with E-state index in [1.54, 1.807) is 0 Å². The summed E-state index contributed by atoms with van der Waals surface area (Å²) >= 11 is 0.